The van der Waals surface area contributed by atoms with Crippen LogP contribution >= 0.6 is 12.4 Å². The highest BCUT2D eigenvalue weighted by molar-refractivity contribution is 5.94. The minimum atomic E-state index is -0.773. The second kappa shape index (κ2) is 8.27. The van der Waals surface area contributed by atoms with Crippen molar-refractivity contribution in [2.45, 2.75) is 13.0 Å². The predicted octanol–water partition coefficient (Wildman–Crippen LogP) is 3.61. The van der Waals surface area contributed by atoms with Crippen LogP contribution in [0.2, 0.25) is 0 Å². The Morgan fingerprint density at radius 1 is 1.20 bits per heavy atom. The van der Waals surface area contributed by atoms with Gasteiger partial charge in [-0.2, -0.15) is 0 Å². The fourth-order valence-electron chi connectivity index (χ4n) is 2.65. The average molecular weight is 369 g/mol. The molecule has 2 aromatic carbocycles. The van der Waals surface area contributed by atoms with Gasteiger partial charge in [0.25, 0.3) is 5.91 Å². The molecule has 1 aliphatic rings. The van der Waals surface area contributed by atoms with Gasteiger partial charge in [0.1, 0.15) is 11.6 Å². The van der Waals surface area contributed by atoms with Gasteiger partial charge in [0, 0.05) is 37.3 Å². The second-order valence-corrected chi connectivity index (χ2v) is 5.81. The lowest BCUT2D eigenvalue weighted by molar-refractivity contribution is 0.0709. The summed E-state index contributed by atoms with van der Waals surface area (Å²) in [4.78, 5) is 14.3. The lowest BCUT2D eigenvalue weighted by Crippen LogP contribution is -2.51. The molecule has 1 saturated heterocycles. The van der Waals surface area contributed by atoms with Crippen molar-refractivity contribution in [2.24, 2.45) is 0 Å². The Balaban J connectivity index is 0.00000225. The van der Waals surface area contributed by atoms with E-state index in [9.17, 15) is 13.6 Å². The number of amides is 1. The Bertz CT molecular complexity index is 740. The van der Waals surface area contributed by atoms with Gasteiger partial charge >= 0.3 is 0 Å². The van der Waals surface area contributed by atoms with Gasteiger partial charge < -0.3 is 15.0 Å². The highest BCUT2D eigenvalue weighted by Crippen LogP contribution is 2.25. The van der Waals surface area contributed by atoms with Crippen LogP contribution in [0, 0.1) is 11.6 Å². The topological polar surface area (TPSA) is 41.6 Å². The maximum absolute atomic E-state index is 13.6. The summed E-state index contributed by atoms with van der Waals surface area (Å²) in [6, 6.07) is 9.87. The Labute approximate surface area is 151 Å². The molecule has 1 atom stereocenters. The molecule has 1 unspecified atom stereocenters. The Kier molecular flexibility index (Phi) is 6.33. The van der Waals surface area contributed by atoms with Gasteiger partial charge in [0.15, 0.2) is 11.6 Å². The summed E-state index contributed by atoms with van der Waals surface area (Å²) in [5.41, 5.74) is 0.552. The highest BCUT2D eigenvalue weighted by Gasteiger charge is 2.21. The van der Waals surface area contributed by atoms with Crippen molar-refractivity contribution in [3.63, 3.8) is 0 Å². The lowest BCUT2D eigenvalue weighted by atomic mass is 10.1. The van der Waals surface area contributed by atoms with Crippen molar-refractivity contribution in [1.82, 2.24) is 10.2 Å². The Morgan fingerprint density at radius 3 is 2.56 bits per heavy atom. The van der Waals surface area contributed by atoms with Crippen LogP contribution in [0.15, 0.2) is 42.5 Å². The zero-order valence-electron chi connectivity index (χ0n) is 13.7. The van der Waals surface area contributed by atoms with Crippen LogP contribution in [-0.4, -0.2) is 36.5 Å². The van der Waals surface area contributed by atoms with E-state index >= 15 is 0 Å². The van der Waals surface area contributed by atoms with Gasteiger partial charge in [-0.3, -0.25) is 4.79 Å². The van der Waals surface area contributed by atoms with E-state index in [-0.39, 0.29) is 30.1 Å². The van der Waals surface area contributed by atoms with E-state index in [1.165, 1.54) is 6.07 Å². The van der Waals surface area contributed by atoms with Crippen molar-refractivity contribution < 1.29 is 18.3 Å². The number of halogens is 3. The molecule has 1 fully saturated rings. The van der Waals surface area contributed by atoms with Crippen LogP contribution in [0.5, 0.6) is 11.5 Å². The monoisotopic (exact) mass is 368 g/mol. The first-order valence-corrected chi connectivity index (χ1v) is 7.78. The van der Waals surface area contributed by atoms with Crippen LogP contribution in [0.4, 0.5) is 8.78 Å². The third kappa shape index (κ3) is 4.67. The van der Waals surface area contributed by atoms with Crippen molar-refractivity contribution in [2.75, 3.05) is 19.6 Å². The standard InChI is InChI=1S/C18H18F2N2O2.ClH/c1-12-11-22(9-8-21-12)18(23)13-2-5-15(6-3-13)24-17-7-4-14(19)10-16(17)20;/h2-7,10,12,21H,8-9,11H2,1H3;1H. The smallest absolute Gasteiger partial charge is 0.253 e. The fourth-order valence-corrected chi connectivity index (χ4v) is 2.65. The molecule has 0 aromatic heterocycles. The number of piperazine rings is 1. The molecular formula is C18H19ClF2N2O2. The van der Waals surface area contributed by atoms with Gasteiger partial charge in [-0.15, -0.1) is 12.4 Å². The summed E-state index contributed by atoms with van der Waals surface area (Å²) in [5.74, 6) is -1.16. The zero-order chi connectivity index (χ0) is 17.1. The number of nitrogens with zero attached hydrogens (tertiary/aromatic N) is 1. The van der Waals surface area contributed by atoms with Crippen molar-refractivity contribution in [3.05, 3.63) is 59.7 Å². The van der Waals surface area contributed by atoms with Crippen molar-refractivity contribution >= 4 is 18.3 Å². The highest BCUT2D eigenvalue weighted by atomic mass is 35.5. The molecule has 25 heavy (non-hydrogen) atoms. The SMILES string of the molecule is CC1CN(C(=O)c2ccc(Oc3ccc(F)cc3F)cc2)CCN1.Cl. The normalized spacial score (nSPS) is 16.9. The summed E-state index contributed by atoms with van der Waals surface area (Å²) in [6.07, 6.45) is 0. The summed E-state index contributed by atoms with van der Waals surface area (Å²) in [5, 5.41) is 3.29. The van der Waals surface area contributed by atoms with E-state index in [2.05, 4.69) is 5.32 Å². The minimum Gasteiger partial charge on any atom is -0.454 e. The van der Waals surface area contributed by atoms with Gasteiger partial charge in [-0.25, -0.2) is 8.78 Å². The first-order valence-electron chi connectivity index (χ1n) is 7.78. The first kappa shape index (κ1) is 19.1. The number of carbonyl (C=O) groups excluding carboxylic acids is 1. The molecule has 0 saturated carbocycles. The van der Waals surface area contributed by atoms with Crippen molar-refractivity contribution in [3.8, 4) is 11.5 Å². The van der Waals surface area contributed by atoms with E-state index < -0.39 is 11.6 Å². The fraction of sp³-hybridized carbons (Fsp3) is 0.278. The van der Waals surface area contributed by atoms with Gasteiger partial charge in [-0.1, -0.05) is 0 Å². The molecule has 1 aliphatic heterocycles. The van der Waals surface area contributed by atoms with Gasteiger partial charge in [0.2, 0.25) is 0 Å². The first-order chi connectivity index (χ1) is 11.5. The van der Waals surface area contributed by atoms with E-state index in [1.807, 2.05) is 6.92 Å². The number of benzene rings is 2. The molecule has 7 heteroatoms. The van der Waals surface area contributed by atoms with Crippen LogP contribution in [0.3, 0.4) is 0 Å². The molecule has 0 bridgehead atoms. The Morgan fingerprint density at radius 2 is 1.92 bits per heavy atom. The Hall–Kier alpha value is -2.18. The van der Waals surface area contributed by atoms with E-state index in [4.69, 9.17) is 4.74 Å². The molecular weight excluding hydrogens is 350 g/mol. The summed E-state index contributed by atoms with van der Waals surface area (Å²) < 4.78 is 31.9. The molecule has 1 N–H and O–H groups in total. The maximum atomic E-state index is 13.6. The lowest BCUT2D eigenvalue weighted by Gasteiger charge is -2.32. The van der Waals surface area contributed by atoms with Crippen molar-refractivity contribution in [1.29, 1.82) is 0 Å². The molecule has 3 rings (SSSR count). The summed E-state index contributed by atoms with van der Waals surface area (Å²) in [6.45, 7) is 4.14. The number of hydrogen-bond donors (Lipinski definition) is 1. The molecule has 0 aliphatic carbocycles. The van der Waals surface area contributed by atoms with Crippen LogP contribution in [-0.2, 0) is 0 Å². The quantitative estimate of drug-likeness (QED) is 0.899. The van der Waals surface area contributed by atoms with Crippen LogP contribution in [0.1, 0.15) is 17.3 Å². The molecule has 1 amide bonds. The number of hydrogen-bond acceptors (Lipinski definition) is 3. The maximum Gasteiger partial charge on any atom is 0.253 e. The molecule has 0 spiro atoms. The number of rotatable bonds is 3. The zero-order valence-corrected chi connectivity index (χ0v) is 14.5. The molecule has 0 radical (unpaired) electrons. The van der Waals surface area contributed by atoms with E-state index in [0.29, 0.717) is 24.4 Å². The summed E-state index contributed by atoms with van der Waals surface area (Å²) >= 11 is 0. The van der Waals surface area contributed by atoms with E-state index in [0.717, 1.165) is 18.7 Å². The average Bonchev–Trinajstić information content (AvgIpc) is 2.57. The van der Waals surface area contributed by atoms with E-state index in [1.54, 1.807) is 29.2 Å². The van der Waals surface area contributed by atoms with Gasteiger partial charge in [-0.05, 0) is 43.3 Å². The molecule has 4 nitrogen and oxygen atoms in total. The molecule has 134 valence electrons. The number of carbonyl (C=O) groups is 1. The second-order valence-electron chi connectivity index (χ2n) is 5.81. The van der Waals surface area contributed by atoms with Crippen LogP contribution in [0.25, 0.3) is 0 Å². The minimum absolute atomic E-state index is 0. The summed E-state index contributed by atoms with van der Waals surface area (Å²) in [7, 11) is 0. The largest absolute Gasteiger partial charge is 0.454 e. The third-order valence-corrected chi connectivity index (χ3v) is 3.88. The van der Waals surface area contributed by atoms with Gasteiger partial charge in [0.05, 0.1) is 0 Å². The van der Waals surface area contributed by atoms with Crippen LogP contribution < -0.4 is 10.1 Å². The number of ether oxygens (including phenoxy) is 1. The number of nitrogens with one attached hydrogen (secondary N) is 1. The molecule has 1 heterocycles. The molecule has 2 aromatic rings. The third-order valence-electron chi connectivity index (χ3n) is 3.88. The predicted molar refractivity (Wildman–Crippen MR) is 93.5 cm³/mol.